The minimum Gasteiger partial charge on any atom is -0.465 e. The lowest BCUT2D eigenvalue weighted by Crippen LogP contribution is -2.45. The number of esters is 1. The Morgan fingerprint density at radius 2 is 1.80 bits per heavy atom. The highest BCUT2D eigenvalue weighted by Crippen LogP contribution is 2.17. The van der Waals surface area contributed by atoms with E-state index in [0.29, 0.717) is 10.6 Å². The Hall–Kier alpha value is -2.86. The number of primary amides is 1. The number of halogens is 1. The number of nitrogens with one attached hydrogen (secondary N) is 1. The molecule has 0 aromatic heterocycles. The van der Waals surface area contributed by atoms with Crippen molar-refractivity contribution in [3.8, 4) is 0 Å². The van der Waals surface area contributed by atoms with E-state index < -0.39 is 23.8 Å². The first-order valence-electron chi connectivity index (χ1n) is 7.44. The summed E-state index contributed by atoms with van der Waals surface area (Å²) in [5, 5.41) is 3.05. The molecule has 0 unspecified atom stereocenters. The SMILES string of the molecule is COC(=O)c1cccc(C(=O)N[C@H](Cc2ccccc2Cl)C(N)=O)c1. The summed E-state index contributed by atoms with van der Waals surface area (Å²) in [5.74, 6) is -1.77. The molecule has 0 saturated heterocycles. The molecular formula is C18H17ClN2O4. The minimum atomic E-state index is -0.936. The maximum atomic E-state index is 12.4. The van der Waals surface area contributed by atoms with Crippen LogP contribution in [0.15, 0.2) is 48.5 Å². The van der Waals surface area contributed by atoms with Crippen LogP contribution < -0.4 is 11.1 Å². The fourth-order valence-electron chi connectivity index (χ4n) is 2.25. The van der Waals surface area contributed by atoms with E-state index in [-0.39, 0.29) is 17.5 Å². The Morgan fingerprint density at radius 1 is 1.12 bits per heavy atom. The van der Waals surface area contributed by atoms with Crippen LogP contribution in [0.25, 0.3) is 0 Å². The van der Waals surface area contributed by atoms with Gasteiger partial charge in [0, 0.05) is 17.0 Å². The molecule has 0 aliphatic rings. The lowest BCUT2D eigenvalue weighted by molar-refractivity contribution is -0.119. The second-order valence-corrected chi connectivity index (χ2v) is 5.70. The minimum absolute atomic E-state index is 0.164. The van der Waals surface area contributed by atoms with Crippen LogP contribution in [-0.2, 0) is 16.0 Å². The number of carbonyl (C=O) groups excluding carboxylic acids is 3. The van der Waals surface area contributed by atoms with Crippen LogP contribution in [0.3, 0.4) is 0 Å². The molecule has 0 fully saturated rings. The quantitative estimate of drug-likeness (QED) is 0.769. The zero-order valence-electron chi connectivity index (χ0n) is 13.5. The summed E-state index contributed by atoms with van der Waals surface area (Å²) >= 11 is 6.08. The average molecular weight is 361 g/mol. The van der Waals surface area contributed by atoms with Crippen LogP contribution in [0, 0.1) is 0 Å². The van der Waals surface area contributed by atoms with Crippen molar-refractivity contribution in [1.82, 2.24) is 5.32 Å². The predicted octanol–water partition coefficient (Wildman–Crippen LogP) is 1.95. The van der Waals surface area contributed by atoms with Crippen molar-refractivity contribution in [2.24, 2.45) is 5.73 Å². The Morgan fingerprint density at radius 3 is 2.44 bits per heavy atom. The van der Waals surface area contributed by atoms with Gasteiger partial charge in [0.25, 0.3) is 5.91 Å². The van der Waals surface area contributed by atoms with Crippen molar-refractivity contribution >= 4 is 29.4 Å². The van der Waals surface area contributed by atoms with Gasteiger partial charge in [-0.1, -0.05) is 35.9 Å². The molecule has 0 saturated carbocycles. The van der Waals surface area contributed by atoms with E-state index in [2.05, 4.69) is 10.1 Å². The van der Waals surface area contributed by atoms with E-state index in [4.69, 9.17) is 17.3 Å². The number of nitrogens with two attached hydrogens (primary N) is 1. The van der Waals surface area contributed by atoms with Crippen molar-refractivity contribution in [3.05, 3.63) is 70.2 Å². The van der Waals surface area contributed by atoms with Crippen LogP contribution in [0.4, 0.5) is 0 Å². The second-order valence-electron chi connectivity index (χ2n) is 5.30. The molecule has 3 N–H and O–H groups in total. The van der Waals surface area contributed by atoms with Crippen molar-refractivity contribution in [2.75, 3.05) is 7.11 Å². The maximum Gasteiger partial charge on any atom is 0.337 e. The first-order chi connectivity index (χ1) is 11.9. The third-order valence-corrected chi connectivity index (χ3v) is 3.95. The average Bonchev–Trinajstić information content (AvgIpc) is 2.62. The molecule has 25 heavy (non-hydrogen) atoms. The van der Waals surface area contributed by atoms with Crippen LogP contribution in [0.5, 0.6) is 0 Å². The Labute approximate surface area is 149 Å². The number of benzene rings is 2. The largest absolute Gasteiger partial charge is 0.465 e. The molecule has 0 radical (unpaired) electrons. The maximum absolute atomic E-state index is 12.4. The molecule has 1 atom stereocenters. The van der Waals surface area contributed by atoms with Gasteiger partial charge >= 0.3 is 5.97 Å². The second kappa shape index (κ2) is 8.30. The summed E-state index contributed by atoms with van der Waals surface area (Å²) < 4.78 is 4.62. The molecular weight excluding hydrogens is 344 g/mol. The number of ether oxygens (including phenoxy) is 1. The van der Waals surface area contributed by atoms with Gasteiger partial charge < -0.3 is 15.8 Å². The highest BCUT2D eigenvalue weighted by atomic mass is 35.5. The van der Waals surface area contributed by atoms with Crippen LogP contribution in [0.2, 0.25) is 5.02 Å². The van der Waals surface area contributed by atoms with Gasteiger partial charge in [0.15, 0.2) is 0 Å². The van der Waals surface area contributed by atoms with Crippen molar-refractivity contribution in [2.45, 2.75) is 12.5 Å². The molecule has 0 aliphatic carbocycles. The first-order valence-corrected chi connectivity index (χ1v) is 7.82. The number of hydrogen-bond donors (Lipinski definition) is 2. The molecule has 0 heterocycles. The summed E-state index contributed by atoms with van der Waals surface area (Å²) in [7, 11) is 1.25. The molecule has 2 aromatic rings. The number of methoxy groups -OCH3 is 1. The van der Waals surface area contributed by atoms with Crippen molar-refractivity contribution < 1.29 is 19.1 Å². The van der Waals surface area contributed by atoms with E-state index in [1.807, 2.05) is 0 Å². The highest BCUT2D eigenvalue weighted by Gasteiger charge is 2.21. The topological polar surface area (TPSA) is 98.5 Å². The van der Waals surface area contributed by atoms with Gasteiger partial charge in [-0.2, -0.15) is 0 Å². The van der Waals surface area contributed by atoms with Gasteiger partial charge in [0.2, 0.25) is 5.91 Å². The van der Waals surface area contributed by atoms with Crippen molar-refractivity contribution in [3.63, 3.8) is 0 Å². The Bertz CT molecular complexity index is 807. The molecule has 130 valence electrons. The zero-order valence-corrected chi connectivity index (χ0v) is 14.2. The predicted molar refractivity (Wildman–Crippen MR) is 93.4 cm³/mol. The number of hydrogen-bond acceptors (Lipinski definition) is 4. The first kappa shape index (κ1) is 18.5. The molecule has 0 bridgehead atoms. The van der Waals surface area contributed by atoms with Gasteiger partial charge in [-0.3, -0.25) is 9.59 Å². The summed E-state index contributed by atoms with van der Waals surface area (Å²) in [5.41, 5.74) is 6.53. The summed E-state index contributed by atoms with van der Waals surface area (Å²) in [6.07, 6.45) is 0.164. The van der Waals surface area contributed by atoms with E-state index in [1.54, 1.807) is 30.3 Å². The third-order valence-electron chi connectivity index (χ3n) is 3.58. The summed E-state index contributed by atoms with van der Waals surface area (Å²) in [4.78, 5) is 35.6. The lowest BCUT2D eigenvalue weighted by Gasteiger charge is -2.16. The molecule has 0 spiro atoms. The molecule has 7 heteroatoms. The van der Waals surface area contributed by atoms with E-state index >= 15 is 0 Å². The number of rotatable bonds is 6. The molecule has 2 rings (SSSR count). The highest BCUT2D eigenvalue weighted by molar-refractivity contribution is 6.31. The molecule has 2 aromatic carbocycles. The van der Waals surface area contributed by atoms with E-state index in [1.165, 1.54) is 25.3 Å². The summed E-state index contributed by atoms with van der Waals surface area (Å²) in [6.45, 7) is 0. The van der Waals surface area contributed by atoms with E-state index in [9.17, 15) is 14.4 Å². The normalized spacial score (nSPS) is 11.4. The number of carbonyl (C=O) groups is 3. The Kier molecular flexibility index (Phi) is 6.14. The van der Waals surface area contributed by atoms with Crippen LogP contribution >= 0.6 is 11.6 Å². The summed E-state index contributed by atoms with van der Waals surface area (Å²) in [6, 6.07) is 12.0. The van der Waals surface area contributed by atoms with Gasteiger partial charge in [-0.25, -0.2) is 4.79 Å². The molecule has 6 nitrogen and oxygen atoms in total. The molecule has 2 amide bonds. The number of amides is 2. The van der Waals surface area contributed by atoms with Gasteiger partial charge in [-0.05, 0) is 29.8 Å². The monoisotopic (exact) mass is 360 g/mol. The smallest absolute Gasteiger partial charge is 0.337 e. The molecule has 0 aliphatic heterocycles. The lowest BCUT2D eigenvalue weighted by atomic mass is 10.0. The van der Waals surface area contributed by atoms with Gasteiger partial charge in [0.05, 0.1) is 12.7 Å². The van der Waals surface area contributed by atoms with Crippen LogP contribution in [0.1, 0.15) is 26.3 Å². The van der Waals surface area contributed by atoms with E-state index in [0.717, 1.165) is 0 Å². The van der Waals surface area contributed by atoms with Crippen molar-refractivity contribution in [1.29, 1.82) is 0 Å². The van der Waals surface area contributed by atoms with Gasteiger partial charge in [0.1, 0.15) is 6.04 Å². The van der Waals surface area contributed by atoms with Gasteiger partial charge in [-0.15, -0.1) is 0 Å². The van der Waals surface area contributed by atoms with Crippen LogP contribution in [-0.4, -0.2) is 30.9 Å². The standard InChI is InChI=1S/C18H17ClN2O4/c1-25-18(24)13-7-4-6-12(9-13)17(23)21-15(16(20)22)10-11-5-2-3-8-14(11)19/h2-9,15H,10H2,1H3,(H2,20,22)(H,21,23)/t15-/m1/s1. The fourth-order valence-corrected chi connectivity index (χ4v) is 2.47. The Balaban J connectivity index is 2.17. The fraction of sp³-hybridized carbons (Fsp3) is 0.167. The third kappa shape index (κ3) is 4.81. The zero-order chi connectivity index (χ0) is 18.4.